The summed E-state index contributed by atoms with van der Waals surface area (Å²) in [7, 11) is 1.46. The molecule has 7 nitrogen and oxygen atoms in total. The van der Waals surface area contributed by atoms with Crippen molar-refractivity contribution in [2.75, 3.05) is 12.4 Å². The van der Waals surface area contributed by atoms with Crippen LogP contribution in [0.25, 0.3) is 0 Å². The van der Waals surface area contributed by atoms with Gasteiger partial charge in [0.15, 0.2) is 22.4 Å². The van der Waals surface area contributed by atoms with Gasteiger partial charge < -0.3 is 20.1 Å². The number of benzene rings is 2. The summed E-state index contributed by atoms with van der Waals surface area (Å²) in [5, 5.41) is 14.6. The molecule has 1 aliphatic heterocycles. The third-order valence-electron chi connectivity index (χ3n) is 6.56. The zero-order valence-electron chi connectivity index (χ0n) is 20.1. The molecule has 2 aromatic carbocycles. The van der Waals surface area contributed by atoms with Crippen molar-refractivity contribution >= 4 is 35.0 Å². The van der Waals surface area contributed by atoms with Gasteiger partial charge >= 0.3 is 0 Å². The minimum Gasteiger partial charge on any atom is -0.504 e. The van der Waals surface area contributed by atoms with Crippen molar-refractivity contribution in [3.05, 3.63) is 85.8 Å². The molecule has 3 aromatic rings. The number of carbonyl (C=O) groups excluding carboxylic acids is 1. The van der Waals surface area contributed by atoms with E-state index in [1.807, 2.05) is 24.3 Å². The van der Waals surface area contributed by atoms with Crippen LogP contribution in [-0.2, 0) is 10.5 Å². The van der Waals surface area contributed by atoms with Crippen LogP contribution in [0.2, 0.25) is 5.02 Å². The number of anilines is 1. The molecule has 0 bridgehead atoms. The molecule has 9 heteroatoms. The number of fused-ring (bicyclic) bond motifs is 1. The number of H-pyrrole nitrogens is 1. The monoisotopic (exact) mass is 523 g/mol. The Hall–Kier alpha value is -3.23. The van der Waals surface area contributed by atoms with Gasteiger partial charge in [0, 0.05) is 34.4 Å². The summed E-state index contributed by atoms with van der Waals surface area (Å²) in [6.45, 7) is 4.11. The van der Waals surface area contributed by atoms with E-state index in [1.54, 1.807) is 12.1 Å². The molecule has 1 atom stereocenters. The Balaban J connectivity index is 1.61. The highest BCUT2D eigenvalue weighted by Gasteiger charge is 2.42. The predicted octanol–water partition coefficient (Wildman–Crippen LogP) is 5.63. The van der Waals surface area contributed by atoms with Crippen molar-refractivity contribution in [1.82, 2.24) is 9.97 Å². The number of aromatic amines is 1. The number of phenols is 1. The minimum atomic E-state index is -0.631. The van der Waals surface area contributed by atoms with Gasteiger partial charge in [-0.25, -0.2) is 4.98 Å². The van der Waals surface area contributed by atoms with E-state index in [2.05, 4.69) is 24.1 Å². The standard InChI is InChI=1S/C27H26ClN3O4S/c1-27(2)11-17-22(19(33)12-27)21(14-8-9-18(32)20(10-14)35-3)23-24(29-17)30-26(31-25(23)34)36-13-15-6-4-5-7-16(15)28/h4-10,21,32H,11-13H2,1-3H3,(H2,29,30,31,34). The van der Waals surface area contributed by atoms with E-state index in [1.165, 1.54) is 24.9 Å². The Morgan fingerprint density at radius 3 is 2.72 bits per heavy atom. The third-order valence-corrected chi connectivity index (χ3v) is 7.85. The lowest BCUT2D eigenvalue weighted by molar-refractivity contribution is -0.118. The number of Topliss-reactive ketones (excluding diaryl/α,β-unsaturated/α-hetero) is 1. The highest BCUT2D eigenvalue weighted by Crippen LogP contribution is 2.48. The molecular formula is C27H26ClN3O4S. The average molecular weight is 524 g/mol. The van der Waals surface area contributed by atoms with E-state index >= 15 is 0 Å². The fourth-order valence-electron chi connectivity index (χ4n) is 4.93. The normalized spacial score (nSPS) is 18.3. The number of nitrogens with zero attached hydrogens (tertiary/aromatic N) is 1. The first-order valence-electron chi connectivity index (χ1n) is 11.6. The number of halogens is 1. The predicted molar refractivity (Wildman–Crippen MR) is 141 cm³/mol. The van der Waals surface area contributed by atoms with Crippen molar-refractivity contribution in [3.63, 3.8) is 0 Å². The number of thioether (sulfide) groups is 1. The quantitative estimate of drug-likeness (QED) is 0.294. The lowest BCUT2D eigenvalue weighted by Crippen LogP contribution is -2.37. The molecule has 2 aliphatic rings. The molecule has 36 heavy (non-hydrogen) atoms. The Labute approximate surface area is 218 Å². The van der Waals surface area contributed by atoms with E-state index in [0.29, 0.717) is 51.3 Å². The lowest BCUT2D eigenvalue weighted by Gasteiger charge is -2.38. The number of ketones is 1. The molecule has 0 amide bonds. The van der Waals surface area contributed by atoms with E-state index in [-0.39, 0.29) is 28.3 Å². The number of methoxy groups -OCH3 is 1. The summed E-state index contributed by atoms with van der Waals surface area (Å²) in [6.07, 6.45) is 1.03. The van der Waals surface area contributed by atoms with Gasteiger partial charge in [0.25, 0.3) is 5.56 Å². The van der Waals surface area contributed by atoms with Crippen LogP contribution in [0.15, 0.2) is 63.7 Å². The SMILES string of the molecule is COc1cc(C2C3=C(CC(C)(C)CC3=O)Nc3nc(SCc4ccccc4Cl)[nH]c(=O)c32)ccc1O. The Kier molecular flexibility index (Phi) is 6.34. The lowest BCUT2D eigenvalue weighted by atomic mass is 9.69. The van der Waals surface area contributed by atoms with Crippen molar-refractivity contribution in [2.45, 2.75) is 43.5 Å². The second-order valence-corrected chi connectivity index (χ2v) is 11.2. The molecule has 2 heterocycles. The maximum Gasteiger partial charge on any atom is 0.257 e. The van der Waals surface area contributed by atoms with Gasteiger partial charge in [-0.3, -0.25) is 9.59 Å². The number of carbonyl (C=O) groups is 1. The van der Waals surface area contributed by atoms with Crippen LogP contribution < -0.4 is 15.6 Å². The highest BCUT2D eigenvalue weighted by molar-refractivity contribution is 7.98. The minimum absolute atomic E-state index is 0.00647. The van der Waals surface area contributed by atoms with Crippen LogP contribution in [0.1, 0.15) is 49.3 Å². The van der Waals surface area contributed by atoms with Crippen LogP contribution in [0.3, 0.4) is 0 Å². The van der Waals surface area contributed by atoms with Crippen molar-refractivity contribution in [2.24, 2.45) is 5.41 Å². The van der Waals surface area contributed by atoms with Gasteiger partial charge in [-0.2, -0.15) is 0 Å². The number of phenolic OH excluding ortho intramolecular Hbond substituents is 1. The summed E-state index contributed by atoms with van der Waals surface area (Å²) < 4.78 is 5.31. The van der Waals surface area contributed by atoms with Gasteiger partial charge in [-0.1, -0.05) is 61.5 Å². The van der Waals surface area contributed by atoms with Gasteiger partial charge in [0.2, 0.25) is 0 Å². The molecule has 1 unspecified atom stereocenters. The van der Waals surface area contributed by atoms with Crippen LogP contribution in [0, 0.1) is 5.41 Å². The van der Waals surface area contributed by atoms with Crippen LogP contribution >= 0.6 is 23.4 Å². The first-order chi connectivity index (χ1) is 17.2. The Morgan fingerprint density at radius 1 is 1.19 bits per heavy atom. The molecular weight excluding hydrogens is 498 g/mol. The molecule has 0 saturated heterocycles. The molecule has 1 aromatic heterocycles. The second-order valence-electron chi connectivity index (χ2n) is 9.84. The van der Waals surface area contributed by atoms with Crippen LogP contribution in [0.5, 0.6) is 11.5 Å². The van der Waals surface area contributed by atoms with Crippen molar-refractivity contribution in [3.8, 4) is 11.5 Å². The summed E-state index contributed by atoms with van der Waals surface area (Å²) in [4.78, 5) is 34.5. The number of hydrogen-bond donors (Lipinski definition) is 3. The maximum absolute atomic E-state index is 13.5. The molecule has 3 N–H and O–H groups in total. The Morgan fingerprint density at radius 2 is 1.97 bits per heavy atom. The first-order valence-corrected chi connectivity index (χ1v) is 12.9. The van der Waals surface area contributed by atoms with Crippen molar-refractivity contribution < 1.29 is 14.6 Å². The molecule has 0 saturated carbocycles. The fourth-order valence-corrected chi connectivity index (χ4v) is 6.08. The summed E-state index contributed by atoms with van der Waals surface area (Å²) in [5.41, 5.74) is 2.79. The summed E-state index contributed by atoms with van der Waals surface area (Å²) in [6, 6.07) is 12.5. The number of hydrogen-bond acceptors (Lipinski definition) is 7. The molecule has 0 fully saturated rings. The number of aromatic nitrogens is 2. The molecule has 1 aliphatic carbocycles. The van der Waals surface area contributed by atoms with Gasteiger partial charge in [0.1, 0.15) is 5.82 Å². The van der Waals surface area contributed by atoms with Crippen LogP contribution in [-0.4, -0.2) is 28.0 Å². The number of nitrogens with one attached hydrogen (secondary N) is 2. The van der Waals surface area contributed by atoms with Gasteiger partial charge in [-0.05, 0) is 41.2 Å². The van der Waals surface area contributed by atoms with Gasteiger partial charge in [-0.15, -0.1) is 0 Å². The second kappa shape index (κ2) is 9.33. The van der Waals surface area contributed by atoms with Crippen LogP contribution in [0.4, 0.5) is 5.82 Å². The molecule has 186 valence electrons. The van der Waals surface area contributed by atoms with Crippen molar-refractivity contribution in [1.29, 1.82) is 0 Å². The number of ether oxygens (including phenoxy) is 1. The topological polar surface area (TPSA) is 104 Å². The summed E-state index contributed by atoms with van der Waals surface area (Å²) >= 11 is 7.67. The highest BCUT2D eigenvalue weighted by atomic mass is 35.5. The first kappa shape index (κ1) is 24.5. The van der Waals surface area contributed by atoms with E-state index in [9.17, 15) is 14.7 Å². The zero-order chi connectivity index (χ0) is 25.6. The van der Waals surface area contributed by atoms with E-state index < -0.39 is 5.92 Å². The fraction of sp³-hybridized carbons (Fsp3) is 0.296. The average Bonchev–Trinajstić information content (AvgIpc) is 2.82. The number of rotatable bonds is 5. The molecule has 0 spiro atoms. The smallest absolute Gasteiger partial charge is 0.257 e. The van der Waals surface area contributed by atoms with Gasteiger partial charge in [0.05, 0.1) is 12.7 Å². The number of aromatic hydroxyl groups is 1. The maximum atomic E-state index is 13.5. The molecule has 5 rings (SSSR count). The van der Waals surface area contributed by atoms with E-state index in [0.717, 1.165) is 11.3 Å². The largest absolute Gasteiger partial charge is 0.504 e. The number of allylic oxidation sites excluding steroid dienone is 2. The summed E-state index contributed by atoms with van der Waals surface area (Å²) in [5.74, 6) is 0.594. The molecule has 0 radical (unpaired) electrons. The van der Waals surface area contributed by atoms with E-state index in [4.69, 9.17) is 21.3 Å². The third kappa shape index (κ3) is 4.51. The zero-order valence-corrected chi connectivity index (χ0v) is 21.7. The Bertz CT molecular complexity index is 1460.